The zero-order valence-electron chi connectivity index (χ0n) is 22.9. The van der Waals surface area contributed by atoms with Gasteiger partial charge in [-0.2, -0.15) is 5.10 Å². The molecule has 3 aromatic carbocycles. The summed E-state index contributed by atoms with van der Waals surface area (Å²) in [4.78, 5) is 6.59. The van der Waals surface area contributed by atoms with Crippen LogP contribution in [0.25, 0.3) is 11.1 Å². The Morgan fingerprint density at radius 3 is 2.44 bits per heavy atom. The molecule has 0 radical (unpaired) electrons. The number of aryl methyl sites for hydroxylation is 1. The van der Waals surface area contributed by atoms with Gasteiger partial charge >= 0.3 is 1.43 Å². The number of hydrogen-bond acceptors (Lipinski definition) is 6. The van der Waals surface area contributed by atoms with Crippen LogP contribution in [0.4, 0.5) is 25.8 Å². The molecule has 1 unspecified atom stereocenters. The molecule has 2 N–H and O–H groups in total. The zero-order valence-corrected chi connectivity index (χ0v) is 25.0. The maximum absolute atomic E-state index is 14.0. The highest BCUT2D eigenvalue weighted by molar-refractivity contribution is 6.31. The minimum atomic E-state index is -0.533. The molecule has 0 aliphatic carbocycles. The Hall–Kier alpha value is -3.18. The normalized spacial score (nSPS) is 16.7. The van der Waals surface area contributed by atoms with E-state index in [1.165, 1.54) is 24.3 Å². The van der Waals surface area contributed by atoms with Crippen molar-refractivity contribution in [2.24, 2.45) is 12.0 Å². The summed E-state index contributed by atoms with van der Waals surface area (Å²) in [5.74, 6) is -0.330. The van der Waals surface area contributed by atoms with Crippen LogP contribution < -0.4 is 37.3 Å². The minimum absolute atomic E-state index is 0. The molecule has 0 saturated carbocycles. The van der Waals surface area contributed by atoms with E-state index in [1.807, 2.05) is 30.3 Å². The van der Waals surface area contributed by atoms with Crippen LogP contribution in [0.2, 0.25) is 10.0 Å². The van der Waals surface area contributed by atoms with E-state index in [0.717, 1.165) is 42.6 Å². The van der Waals surface area contributed by atoms with Crippen molar-refractivity contribution in [3.63, 3.8) is 0 Å². The molecule has 1 atom stereocenters. The molecule has 0 bridgehead atoms. The van der Waals surface area contributed by atoms with Crippen molar-refractivity contribution in [1.29, 1.82) is 0 Å². The Kier molecular flexibility index (Phi) is 8.84. The van der Waals surface area contributed by atoms with E-state index in [2.05, 4.69) is 15.7 Å². The second kappa shape index (κ2) is 12.4. The predicted octanol–water partition coefficient (Wildman–Crippen LogP) is 4.21. The number of anilines is 2. The van der Waals surface area contributed by atoms with Gasteiger partial charge in [0.25, 0.3) is 0 Å². The molecule has 2 aliphatic heterocycles. The summed E-state index contributed by atoms with van der Waals surface area (Å²) in [5.41, 5.74) is 4.51. The SMILES string of the molecule is Cn1cc(-c2cc3c(cc2OC2CCNCC2)C(Nc2ccc(F)c(Cl)c2)N(c2ccc(F)c(Cl)c2)C=N3)cn1.[Br-].[H+]. The van der Waals surface area contributed by atoms with Gasteiger partial charge in [-0.25, -0.2) is 13.8 Å². The molecular formula is C29H27BrCl2F2N6O. The molecule has 3 heterocycles. The molecule has 4 aromatic rings. The fourth-order valence-corrected chi connectivity index (χ4v) is 5.34. The summed E-state index contributed by atoms with van der Waals surface area (Å²) in [5, 5.41) is 11.2. The first-order chi connectivity index (χ1) is 19.4. The third-order valence-electron chi connectivity index (χ3n) is 7.04. The standard InChI is InChI=1S/C29H26Cl2F2N6O.BrH/c1-38-15-17(14-36-38)21-12-27-22(13-28(21)40-20-6-8-34-9-7-20)29(37-18-2-4-25(32)23(30)10-18)39(16-35-27)19-3-5-26(33)24(31)11-19;/h2-5,10-16,20,29,34,37H,6-9H2,1H3;1H. The lowest BCUT2D eigenvalue weighted by molar-refractivity contribution is -0.0000102. The van der Waals surface area contributed by atoms with Crippen molar-refractivity contribution in [3.05, 3.63) is 88.2 Å². The molecule has 2 aliphatic rings. The van der Waals surface area contributed by atoms with E-state index >= 15 is 0 Å². The molecule has 41 heavy (non-hydrogen) atoms. The Bertz CT molecular complexity index is 1600. The molecule has 12 heteroatoms. The molecular weight excluding hydrogens is 637 g/mol. The Labute approximate surface area is 258 Å². The average Bonchev–Trinajstić information content (AvgIpc) is 3.39. The number of fused-ring (bicyclic) bond motifs is 1. The lowest BCUT2D eigenvalue weighted by atomic mass is 9.99. The van der Waals surface area contributed by atoms with Crippen LogP contribution in [0.15, 0.2) is 65.9 Å². The average molecular weight is 664 g/mol. The van der Waals surface area contributed by atoms with Crippen LogP contribution in [-0.2, 0) is 7.05 Å². The molecule has 1 saturated heterocycles. The molecule has 1 aromatic heterocycles. The molecule has 0 spiro atoms. The number of rotatable bonds is 6. The second-order valence-corrected chi connectivity index (χ2v) is 10.6. The van der Waals surface area contributed by atoms with E-state index in [4.69, 9.17) is 32.9 Å². The number of hydrogen-bond donors (Lipinski definition) is 2. The van der Waals surface area contributed by atoms with Gasteiger partial charge in [0.15, 0.2) is 0 Å². The van der Waals surface area contributed by atoms with Gasteiger partial charge in [-0.05, 0) is 74.5 Å². The van der Waals surface area contributed by atoms with Crippen LogP contribution in [-0.4, -0.2) is 35.3 Å². The summed E-state index contributed by atoms with van der Waals surface area (Å²) >= 11 is 12.2. The first-order valence-corrected chi connectivity index (χ1v) is 13.6. The minimum Gasteiger partial charge on any atom is -1.00 e. The van der Waals surface area contributed by atoms with Crippen molar-refractivity contribution in [3.8, 4) is 16.9 Å². The van der Waals surface area contributed by atoms with Gasteiger partial charge in [-0.3, -0.25) is 4.68 Å². The quantitative estimate of drug-likeness (QED) is 0.324. The fraction of sp³-hybridized carbons (Fsp3) is 0.241. The molecule has 6 rings (SSSR count). The van der Waals surface area contributed by atoms with Crippen LogP contribution in [0.1, 0.15) is 26.0 Å². The van der Waals surface area contributed by atoms with E-state index in [0.29, 0.717) is 22.8 Å². The lowest BCUT2D eigenvalue weighted by Gasteiger charge is -2.36. The number of nitrogens with one attached hydrogen (secondary N) is 2. The summed E-state index contributed by atoms with van der Waals surface area (Å²) < 4.78 is 36.3. The number of halogens is 5. The van der Waals surface area contributed by atoms with E-state index in [-0.39, 0.29) is 34.6 Å². The van der Waals surface area contributed by atoms with Gasteiger partial charge in [0, 0.05) is 41.3 Å². The Balaban J connectivity index is 0.00000202. The number of ether oxygens (including phenoxy) is 1. The summed E-state index contributed by atoms with van der Waals surface area (Å²) in [6.07, 6.45) is 6.69. The van der Waals surface area contributed by atoms with Gasteiger partial charge in [0.1, 0.15) is 29.7 Å². The van der Waals surface area contributed by atoms with Gasteiger partial charge in [-0.1, -0.05) is 23.2 Å². The molecule has 214 valence electrons. The fourth-order valence-electron chi connectivity index (χ4n) is 4.98. The number of nitrogens with zero attached hydrogens (tertiary/aromatic N) is 4. The number of aliphatic imine (C=N–C) groups is 1. The van der Waals surface area contributed by atoms with E-state index in [9.17, 15) is 8.78 Å². The monoisotopic (exact) mass is 662 g/mol. The smallest absolute Gasteiger partial charge is 1.00 e. The highest BCUT2D eigenvalue weighted by atomic mass is 79.9. The second-order valence-electron chi connectivity index (χ2n) is 9.80. The highest BCUT2D eigenvalue weighted by Gasteiger charge is 2.30. The van der Waals surface area contributed by atoms with Crippen LogP contribution >= 0.6 is 23.2 Å². The molecule has 7 nitrogen and oxygen atoms in total. The van der Waals surface area contributed by atoms with E-state index < -0.39 is 17.8 Å². The summed E-state index contributed by atoms with van der Waals surface area (Å²) in [6, 6.07) is 12.9. The molecule has 1 fully saturated rings. The topological polar surface area (TPSA) is 66.7 Å². The third kappa shape index (κ3) is 6.21. The van der Waals surface area contributed by atoms with Crippen molar-refractivity contribution in [2.45, 2.75) is 25.1 Å². The van der Waals surface area contributed by atoms with Crippen molar-refractivity contribution in [2.75, 3.05) is 23.3 Å². The Morgan fingerprint density at radius 2 is 1.76 bits per heavy atom. The zero-order chi connectivity index (χ0) is 27.8. The highest BCUT2D eigenvalue weighted by Crippen LogP contribution is 2.44. The predicted molar refractivity (Wildman–Crippen MR) is 156 cm³/mol. The van der Waals surface area contributed by atoms with Gasteiger partial charge in [0.05, 0.1) is 28.3 Å². The van der Waals surface area contributed by atoms with Crippen molar-refractivity contribution < 1.29 is 31.9 Å². The number of piperidine rings is 1. The Morgan fingerprint density at radius 1 is 1.02 bits per heavy atom. The first kappa shape index (κ1) is 29.3. The van der Waals surface area contributed by atoms with Crippen molar-refractivity contribution >= 4 is 46.6 Å². The van der Waals surface area contributed by atoms with Gasteiger partial charge < -0.3 is 37.3 Å². The lowest BCUT2D eigenvalue weighted by Crippen LogP contribution is -3.00. The maximum atomic E-state index is 14.0. The number of aromatic nitrogens is 2. The van der Waals surface area contributed by atoms with Gasteiger partial charge in [0.2, 0.25) is 0 Å². The summed E-state index contributed by atoms with van der Waals surface area (Å²) in [6.45, 7) is 1.77. The molecule has 0 amide bonds. The largest absolute Gasteiger partial charge is 1.00 e. The first-order valence-electron chi connectivity index (χ1n) is 12.9. The summed E-state index contributed by atoms with van der Waals surface area (Å²) in [7, 11) is 1.87. The van der Waals surface area contributed by atoms with Crippen LogP contribution in [0.3, 0.4) is 0 Å². The van der Waals surface area contributed by atoms with E-state index in [1.54, 1.807) is 29.3 Å². The van der Waals surface area contributed by atoms with Gasteiger partial charge in [-0.15, -0.1) is 0 Å². The maximum Gasteiger partial charge on any atom is 1.00 e. The number of benzene rings is 3. The third-order valence-corrected chi connectivity index (χ3v) is 7.62. The van der Waals surface area contributed by atoms with Crippen LogP contribution in [0.5, 0.6) is 5.75 Å². The van der Waals surface area contributed by atoms with Crippen LogP contribution in [0, 0.1) is 11.6 Å². The van der Waals surface area contributed by atoms with Crippen molar-refractivity contribution in [1.82, 2.24) is 15.1 Å².